The number of nitrogens with zero attached hydrogens (tertiary/aromatic N) is 1. The van der Waals surface area contributed by atoms with Gasteiger partial charge >= 0.3 is 0 Å². The Hall–Kier alpha value is -1.48. The van der Waals surface area contributed by atoms with Gasteiger partial charge in [-0.1, -0.05) is 45.0 Å². The second-order valence-electron chi connectivity index (χ2n) is 5.42. The molecule has 94 valence electrons. The van der Waals surface area contributed by atoms with Crippen molar-refractivity contribution in [1.82, 2.24) is 4.98 Å². The Kier molecular flexibility index (Phi) is 3.35. The molecule has 0 N–H and O–H groups in total. The van der Waals surface area contributed by atoms with Crippen LogP contribution in [0, 0.1) is 0 Å². The van der Waals surface area contributed by atoms with Gasteiger partial charge in [-0.3, -0.25) is 4.79 Å². The van der Waals surface area contributed by atoms with Crippen molar-refractivity contribution in [3.05, 3.63) is 40.9 Å². The van der Waals surface area contributed by atoms with Crippen molar-refractivity contribution in [3.63, 3.8) is 0 Å². The molecule has 1 heterocycles. The molecule has 0 amide bonds. The maximum Gasteiger partial charge on any atom is 0.178 e. The van der Waals surface area contributed by atoms with Gasteiger partial charge < -0.3 is 0 Å². The number of ketones is 1. The van der Waals surface area contributed by atoms with Crippen molar-refractivity contribution in [1.29, 1.82) is 0 Å². The predicted octanol–water partition coefficient (Wildman–Crippen LogP) is 4.31. The Labute approximate surface area is 112 Å². The SMILES string of the molecule is CC(=O)c1csc(-c2ccc(C(C)(C)C)cc2)n1. The second-order valence-corrected chi connectivity index (χ2v) is 6.28. The molecule has 0 aliphatic heterocycles. The summed E-state index contributed by atoms with van der Waals surface area (Å²) in [4.78, 5) is 15.6. The largest absolute Gasteiger partial charge is 0.293 e. The van der Waals surface area contributed by atoms with Crippen molar-refractivity contribution in [2.24, 2.45) is 0 Å². The highest BCUT2D eigenvalue weighted by molar-refractivity contribution is 7.13. The lowest BCUT2D eigenvalue weighted by molar-refractivity contribution is 0.101. The zero-order valence-electron chi connectivity index (χ0n) is 11.2. The maximum absolute atomic E-state index is 11.2. The molecule has 2 aromatic rings. The van der Waals surface area contributed by atoms with Crippen LogP contribution in [-0.4, -0.2) is 10.8 Å². The van der Waals surface area contributed by atoms with E-state index in [0.717, 1.165) is 10.6 Å². The summed E-state index contributed by atoms with van der Waals surface area (Å²) < 4.78 is 0. The second kappa shape index (κ2) is 4.65. The van der Waals surface area contributed by atoms with Crippen LogP contribution >= 0.6 is 11.3 Å². The van der Waals surface area contributed by atoms with Crippen LogP contribution in [0.3, 0.4) is 0 Å². The number of carbonyl (C=O) groups excluding carboxylic acids is 1. The number of hydrogen-bond acceptors (Lipinski definition) is 3. The molecule has 0 spiro atoms. The van der Waals surface area contributed by atoms with Crippen molar-refractivity contribution < 1.29 is 4.79 Å². The number of hydrogen-bond donors (Lipinski definition) is 0. The molecule has 18 heavy (non-hydrogen) atoms. The van der Waals surface area contributed by atoms with Crippen molar-refractivity contribution in [2.45, 2.75) is 33.1 Å². The highest BCUT2D eigenvalue weighted by atomic mass is 32.1. The van der Waals surface area contributed by atoms with Crippen LogP contribution in [0.5, 0.6) is 0 Å². The minimum absolute atomic E-state index is 0.0174. The minimum atomic E-state index is 0.0174. The van der Waals surface area contributed by atoms with E-state index in [1.54, 1.807) is 6.92 Å². The van der Waals surface area contributed by atoms with E-state index in [1.165, 1.54) is 16.9 Å². The Balaban J connectivity index is 2.31. The topological polar surface area (TPSA) is 30.0 Å². The number of benzene rings is 1. The van der Waals surface area contributed by atoms with E-state index < -0.39 is 0 Å². The quantitative estimate of drug-likeness (QED) is 0.752. The third-order valence-corrected chi connectivity index (χ3v) is 3.75. The van der Waals surface area contributed by atoms with Gasteiger partial charge in [0.25, 0.3) is 0 Å². The first-order chi connectivity index (χ1) is 8.38. The van der Waals surface area contributed by atoms with Crippen molar-refractivity contribution in [2.75, 3.05) is 0 Å². The summed E-state index contributed by atoms with van der Waals surface area (Å²) in [5.41, 5.74) is 3.08. The first-order valence-electron chi connectivity index (χ1n) is 5.95. The van der Waals surface area contributed by atoms with Gasteiger partial charge in [-0.2, -0.15) is 0 Å². The lowest BCUT2D eigenvalue weighted by atomic mass is 9.87. The van der Waals surface area contributed by atoms with Gasteiger partial charge in [0.1, 0.15) is 10.7 Å². The molecule has 0 aliphatic carbocycles. The Morgan fingerprint density at radius 1 is 1.17 bits per heavy atom. The fraction of sp³-hybridized carbons (Fsp3) is 0.333. The lowest BCUT2D eigenvalue weighted by Gasteiger charge is -2.18. The molecule has 0 fully saturated rings. The smallest absolute Gasteiger partial charge is 0.178 e. The van der Waals surface area contributed by atoms with Gasteiger partial charge in [0.05, 0.1) is 0 Å². The van der Waals surface area contributed by atoms with Crippen LogP contribution in [0.15, 0.2) is 29.6 Å². The molecule has 1 aromatic carbocycles. The van der Waals surface area contributed by atoms with Gasteiger partial charge in [0.2, 0.25) is 0 Å². The molecule has 0 radical (unpaired) electrons. The zero-order chi connectivity index (χ0) is 13.3. The van der Waals surface area contributed by atoms with E-state index in [-0.39, 0.29) is 11.2 Å². The molecular formula is C15H17NOS. The van der Waals surface area contributed by atoms with Gasteiger partial charge in [0, 0.05) is 17.9 Å². The molecule has 1 aromatic heterocycles. The Bertz CT molecular complexity index is 561. The normalized spacial score (nSPS) is 11.6. The fourth-order valence-electron chi connectivity index (χ4n) is 1.68. The van der Waals surface area contributed by atoms with Crippen LogP contribution < -0.4 is 0 Å². The summed E-state index contributed by atoms with van der Waals surface area (Å²) in [6.45, 7) is 8.12. The molecule has 2 rings (SSSR count). The number of Topliss-reactive ketones (excluding diaryl/α,β-unsaturated/α-hetero) is 1. The fourth-order valence-corrected chi connectivity index (χ4v) is 2.55. The third-order valence-electron chi connectivity index (χ3n) is 2.86. The molecule has 0 unspecified atom stereocenters. The van der Waals surface area contributed by atoms with E-state index >= 15 is 0 Å². The first kappa shape index (κ1) is 13.0. The summed E-state index contributed by atoms with van der Waals surface area (Å²) in [7, 11) is 0. The molecular weight excluding hydrogens is 242 g/mol. The molecule has 0 aliphatic rings. The Morgan fingerprint density at radius 3 is 2.22 bits per heavy atom. The van der Waals surface area contributed by atoms with Crippen LogP contribution in [0.1, 0.15) is 43.7 Å². The standard InChI is InChI=1S/C15H17NOS/c1-10(17)13-9-18-14(16-13)11-5-7-12(8-6-11)15(2,3)4/h5-9H,1-4H3. The molecule has 0 saturated carbocycles. The molecule has 2 nitrogen and oxygen atoms in total. The molecule has 0 bridgehead atoms. The molecule has 3 heteroatoms. The number of aromatic nitrogens is 1. The average Bonchev–Trinajstić information content (AvgIpc) is 2.77. The van der Waals surface area contributed by atoms with E-state index in [1.807, 2.05) is 5.38 Å². The number of thiazole rings is 1. The average molecular weight is 259 g/mol. The number of carbonyl (C=O) groups is 1. The predicted molar refractivity (Wildman–Crippen MR) is 76.3 cm³/mol. The van der Waals surface area contributed by atoms with E-state index in [0.29, 0.717) is 5.69 Å². The summed E-state index contributed by atoms with van der Waals surface area (Å²) in [5.74, 6) is 0.0174. The van der Waals surface area contributed by atoms with E-state index in [2.05, 4.69) is 50.0 Å². The first-order valence-corrected chi connectivity index (χ1v) is 6.83. The monoisotopic (exact) mass is 259 g/mol. The minimum Gasteiger partial charge on any atom is -0.293 e. The third kappa shape index (κ3) is 2.67. The maximum atomic E-state index is 11.2. The van der Waals surface area contributed by atoms with Gasteiger partial charge in [-0.15, -0.1) is 11.3 Å². The summed E-state index contributed by atoms with van der Waals surface area (Å²) >= 11 is 1.51. The van der Waals surface area contributed by atoms with Gasteiger partial charge in [0.15, 0.2) is 5.78 Å². The van der Waals surface area contributed by atoms with E-state index in [4.69, 9.17) is 0 Å². The zero-order valence-corrected chi connectivity index (χ0v) is 12.0. The number of rotatable bonds is 2. The summed E-state index contributed by atoms with van der Waals surface area (Å²) in [5, 5.41) is 2.72. The Morgan fingerprint density at radius 2 is 1.78 bits per heavy atom. The summed E-state index contributed by atoms with van der Waals surface area (Å²) in [6, 6.07) is 8.40. The molecule has 0 saturated heterocycles. The van der Waals surface area contributed by atoms with Gasteiger partial charge in [-0.25, -0.2) is 4.98 Å². The van der Waals surface area contributed by atoms with E-state index in [9.17, 15) is 4.79 Å². The van der Waals surface area contributed by atoms with Crippen LogP contribution in [0.2, 0.25) is 0 Å². The van der Waals surface area contributed by atoms with Gasteiger partial charge in [-0.05, 0) is 11.0 Å². The highest BCUT2D eigenvalue weighted by Gasteiger charge is 2.14. The highest BCUT2D eigenvalue weighted by Crippen LogP contribution is 2.28. The lowest BCUT2D eigenvalue weighted by Crippen LogP contribution is -2.10. The molecule has 0 atom stereocenters. The van der Waals surface area contributed by atoms with Crippen LogP contribution in [0.25, 0.3) is 10.6 Å². The van der Waals surface area contributed by atoms with Crippen LogP contribution in [-0.2, 0) is 5.41 Å². The summed E-state index contributed by atoms with van der Waals surface area (Å²) in [6.07, 6.45) is 0. The van der Waals surface area contributed by atoms with Crippen LogP contribution in [0.4, 0.5) is 0 Å². The van der Waals surface area contributed by atoms with Crippen molar-refractivity contribution >= 4 is 17.1 Å². The van der Waals surface area contributed by atoms with Crippen molar-refractivity contribution in [3.8, 4) is 10.6 Å².